The fraction of sp³-hybridized carbons (Fsp3) is 0.929. The van der Waals surface area contributed by atoms with E-state index >= 15 is 0 Å². The predicted molar refractivity (Wildman–Crippen MR) is 76.9 cm³/mol. The van der Waals surface area contributed by atoms with Gasteiger partial charge in [0.25, 0.3) is 0 Å². The fourth-order valence-electron chi connectivity index (χ4n) is 3.33. The average molecular weight is 268 g/mol. The van der Waals surface area contributed by atoms with E-state index in [1.54, 1.807) is 0 Å². The zero-order chi connectivity index (χ0) is 13.7. The first kappa shape index (κ1) is 14.8. The number of nitrogens with zero attached hydrogens (tertiary/aromatic N) is 2. The molecule has 0 aromatic rings. The summed E-state index contributed by atoms with van der Waals surface area (Å²) >= 11 is 0. The van der Waals surface area contributed by atoms with Gasteiger partial charge in [0.05, 0.1) is 5.92 Å². The van der Waals surface area contributed by atoms with E-state index in [9.17, 15) is 4.79 Å². The molecule has 2 unspecified atom stereocenters. The molecule has 2 atom stereocenters. The molecule has 2 saturated heterocycles. The van der Waals surface area contributed by atoms with Gasteiger partial charge < -0.3 is 16.0 Å². The zero-order valence-electron chi connectivity index (χ0n) is 12.1. The Morgan fingerprint density at radius 3 is 2.79 bits per heavy atom. The van der Waals surface area contributed by atoms with Gasteiger partial charge in [0.2, 0.25) is 5.91 Å². The number of carbonyl (C=O) groups excluding carboxylic acids is 1. The Kier molecular flexibility index (Phi) is 5.60. The van der Waals surface area contributed by atoms with E-state index < -0.39 is 0 Å². The molecule has 1 amide bonds. The Morgan fingerprint density at radius 2 is 2.05 bits per heavy atom. The van der Waals surface area contributed by atoms with E-state index in [2.05, 4.69) is 22.2 Å². The van der Waals surface area contributed by atoms with Crippen molar-refractivity contribution in [1.29, 1.82) is 0 Å². The lowest BCUT2D eigenvalue weighted by Crippen LogP contribution is -2.52. The highest BCUT2D eigenvalue weighted by molar-refractivity contribution is 5.78. The maximum atomic E-state index is 12.0. The Morgan fingerprint density at radius 1 is 1.26 bits per heavy atom. The van der Waals surface area contributed by atoms with E-state index in [1.165, 1.54) is 19.4 Å². The minimum absolute atomic E-state index is 0.160. The molecular formula is C14H28N4O. The summed E-state index contributed by atoms with van der Waals surface area (Å²) in [5, 5.41) is 2.93. The quantitative estimate of drug-likeness (QED) is 0.745. The van der Waals surface area contributed by atoms with Gasteiger partial charge in [-0.1, -0.05) is 0 Å². The standard InChI is InChI=1S/C14H28N4O/c1-17-8-3-5-13(11-17)18-9-2-4-12(10-18)14(19)16-7-6-15/h12-13H,2-11,15H2,1H3,(H,16,19). The molecule has 2 aliphatic heterocycles. The molecule has 0 aliphatic carbocycles. The normalized spacial score (nSPS) is 30.2. The van der Waals surface area contributed by atoms with Gasteiger partial charge >= 0.3 is 0 Å². The fourth-order valence-corrected chi connectivity index (χ4v) is 3.33. The summed E-state index contributed by atoms with van der Waals surface area (Å²) in [7, 11) is 2.20. The molecule has 2 heterocycles. The van der Waals surface area contributed by atoms with Crippen LogP contribution in [0.5, 0.6) is 0 Å². The van der Waals surface area contributed by atoms with Crippen molar-refractivity contribution in [3.63, 3.8) is 0 Å². The highest BCUT2D eigenvalue weighted by Gasteiger charge is 2.31. The average Bonchev–Trinajstić information content (AvgIpc) is 2.45. The molecule has 0 aromatic carbocycles. The van der Waals surface area contributed by atoms with Crippen molar-refractivity contribution in [1.82, 2.24) is 15.1 Å². The number of hydrogen-bond donors (Lipinski definition) is 2. The second kappa shape index (κ2) is 7.22. The van der Waals surface area contributed by atoms with Gasteiger partial charge in [-0.25, -0.2) is 0 Å². The molecule has 0 spiro atoms. The van der Waals surface area contributed by atoms with Crippen molar-refractivity contribution in [2.45, 2.75) is 31.7 Å². The van der Waals surface area contributed by atoms with Gasteiger partial charge in [0.1, 0.15) is 0 Å². The predicted octanol–water partition coefficient (Wildman–Crippen LogP) is -0.132. The lowest BCUT2D eigenvalue weighted by Gasteiger charge is -2.41. The summed E-state index contributed by atoms with van der Waals surface area (Å²) in [4.78, 5) is 17.0. The second-order valence-electron chi connectivity index (χ2n) is 5.97. The van der Waals surface area contributed by atoms with Crippen LogP contribution in [0.4, 0.5) is 0 Å². The summed E-state index contributed by atoms with van der Waals surface area (Å²) in [5.41, 5.74) is 5.44. The number of nitrogens with one attached hydrogen (secondary N) is 1. The van der Waals surface area contributed by atoms with Crippen molar-refractivity contribution in [2.75, 3.05) is 46.3 Å². The largest absolute Gasteiger partial charge is 0.355 e. The third kappa shape index (κ3) is 4.16. The Labute approximate surface area is 116 Å². The van der Waals surface area contributed by atoms with Crippen LogP contribution >= 0.6 is 0 Å². The third-order valence-electron chi connectivity index (χ3n) is 4.38. The van der Waals surface area contributed by atoms with Gasteiger partial charge in [0, 0.05) is 32.2 Å². The molecule has 2 fully saturated rings. The van der Waals surface area contributed by atoms with Gasteiger partial charge in [0.15, 0.2) is 0 Å². The number of rotatable bonds is 4. The zero-order valence-corrected chi connectivity index (χ0v) is 12.1. The van der Waals surface area contributed by atoms with Crippen LogP contribution < -0.4 is 11.1 Å². The van der Waals surface area contributed by atoms with Crippen molar-refractivity contribution >= 4 is 5.91 Å². The van der Waals surface area contributed by atoms with Crippen LogP contribution in [-0.2, 0) is 4.79 Å². The summed E-state index contributed by atoms with van der Waals surface area (Å²) in [6.07, 6.45) is 4.72. The van der Waals surface area contributed by atoms with Crippen molar-refractivity contribution < 1.29 is 4.79 Å². The van der Waals surface area contributed by atoms with Crippen LogP contribution in [0.15, 0.2) is 0 Å². The highest BCUT2D eigenvalue weighted by Crippen LogP contribution is 2.22. The number of nitrogens with two attached hydrogens (primary N) is 1. The first-order valence-corrected chi connectivity index (χ1v) is 7.61. The molecule has 5 nitrogen and oxygen atoms in total. The molecule has 2 rings (SSSR count). The third-order valence-corrected chi connectivity index (χ3v) is 4.38. The molecule has 5 heteroatoms. The molecule has 0 aromatic heterocycles. The molecule has 2 aliphatic rings. The number of amides is 1. The monoisotopic (exact) mass is 268 g/mol. The minimum atomic E-state index is 0.160. The molecule has 0 saturated carbocycles. The molecule has 0 bridgehead atoms. The van der Waals surface area contributed by atoms with Crippen molar-refractivity contribution in [2.24, 2.45) is 11.7 Å². The smallest absolute Gasteiger partial charge is 0.224 e. The highest BCUT2D eigenvalue weighted by atomic mass is 16.1. The number of carbonyl (C=O) groups is 1. The maximum Gasteiger partial charge on any atom is 0.224 e. The lowest BCUT2D eigenvalue weighted by molar-refractivity contribution is -0.127. The van der Waals surface area contributed by atoms with Crippen LogP contribution in [0.3, 0.4) is 0 Å². The second-order valence-corrected chi connectivity index (χ2v) is 5.97. The molecule has 110 valence electrons. The van der Waals surface area contributed by atoms with Gasteiger partial charge in [-0.05, 0) is 45.8 Å². The van der Waals surface area contributed by atoms with Crippen molar-refractivity contribution in [3.8, 4) is 0 Å². The van der Waals surface area contributed by atoms with Gasteiger partial charge in [-0.15, -0.1) is 0 Å². The molecular weight excluding hydrogens is 240 g/mol. The summed E-state index contributed by atoms with van der Waals surface area (Å²) in [6.45, 7) is 5.56. The van der Waals surface area contributed by atoms with Crippen LogP contribution in [0.1, 0.15) is 25.7 Å². The number of piperidine rings is 2. The minimum Gasteiger partial charge on any atom is -0.355 e. The number of likely N-dealkylation sites (tertiary alicyclic amines) is 2. The Hall–Kier alpha value is -0.650. The summed E-state index contributed by atoms with van der Waals surface area (Å²) in [6, 6.07) is 0.642. The summed E-state index contributed by atoms with van der Waals surface area (Å²) in [5.74, 6) is 0.354. The first-order valence-electron chi connectivity index (χ1n) is 7.61. The number of hydrogen-bond acceptors (Lipinski definition) is 4. The Bertz CT molecular complexity index is 297. The number of likely N-dealkylation sites (N-methyl/N-ethyl adjacent to an activating group) is 1. The molecule has 19 heavy (non-hydrogen) atoms. The molecule has 0 radical (unpaired) electrons. The maximum absolute atomic E-state index is 12.0. The van der Waals surface area contributed by atoms with Crippen molar-refractivity contribution in [3.05, 3.63) is 0 Å². The SMILES string of the molecule is CN1CCCC(N2CCCC(C(=O)NCCN)C2)C1. The van der Waals surface area contributed by atoms with Crippen LogP contribution in [0.2, 0.25) is 0 Å². The van der Waals surface area contributed by atoms with E-state index in [0.717, 1.165) is 32.5 Å². The van der Waals surface area contributed by atoms with E-state index in [0.29, 0.717) is 19.1 Å². The van der Waals surface area contributed by atoms with Gasteiger partial charge in [-0.3, -0.25) is 9.69 Å². The first-order chi connectivity index (χ1) is 9.20. The van der Waals surface area contributed by atoms with Crippen LogP contribution in [0, 0.1) is 5.92 Å². The van der Waals surface area contributed by atoms with E-state index in [-0.39, 0.29) is 11.8 Å². The topological polar surface area (TPSA) is 61.6 Å². The van der Waals surface area contributed by atoms with Gasteiger partial charge in [-0.2, -0.15) is 0 Å². The van der Waals surface area contributed by atoms with E-state index in [1.807, 2.05) is 0 Å². The Balaban J connectivity index is 1.84. The lowest BCUT2D eigenvalue weighted by atomic mass is 9.94. The van der Waals surface area contributed by atoms with E-state index in [4.69, 9.17) is 5.73 Å². The molecule has 3 N–H and O–H groups in total. The summed E-state index contributed by atoms with van der Waals surface area (Å²) < 4.78 is 0. The van der Waals surface area contributed by atoms with Crippen LogP contribution in [0.25, 0.3) is 0 Å². The van der Waals surface area contributed by atoms with Crippen LogP contribution in [-0.4, -0.2) is 68.1 Å².